The van der Waals surface area contributed by atoms with Gasteiger partial charge in [0, 0.05) is 33.0 Å². The zero-order chi connectivity index (χ0) is 25.1. The van der Waals surface area contributed by atoms with E-state index in [1.807, 2.05) is 42.5 Å². The van der Waals surface area contributed by atoms with Gasteiger partial charge in [-0.3, -0.25) is 0 Å². The Balaban J connectivity index is 1.41. The molecule has 0 atom stereocenters. The fourth-order valence-electron chi connectivity index (χ4n) is 5.52. The molecule has 4 heteroatoms. The van der Waals surface area contributed by atoms with Gasteiger partial charge in [0.15, 0.2) is 5.82 Å². The molecule has 0 spiro atoms. The topological polar surface area (TPSA) is 43.9 Å². The van der Waals surface area contributed by atoms with Crippen LogP contribution in [0.25, 0.3) is 72.2 Å². The Hall–Kier alpha value is -5.22. The van der Waals surface area contributed by atoms with E-state index < -0.39 is 0 Å². The average Bonchev–Trinajstić information content (AvgIpc) is 3.53. The molecule has 0 unspecified atom stereocenters. The van der Waals surface area contributed by atoms with Crippen LogP contribution >= 0.6 is 0 Å². The molecule has 0 bridgehead atoms. The molecule has 0 aliphatic heterocycles. The highest BCUT2D eigenvalue weighted by Gasteiger charge is 2.19. The molecule has 4 nitrogen and oxygen atoms in total. The SMILES string of the molecule is c1ccc(-c2nc(-c3ccc4c(c3)c3ccccc3n4-c3ccccc3)nc3oc4ccccc4c23)cc1. The molecule has 0 aliphatic carbocycles. The predicted molar refractivity (Wildman–Crippen MR) is 155 cm³/mol. The van der Waals surface area contributed by atoms with E-state index in [2.05, 4.69) is 89.5 Å². The Morgan fingerprint density at radius 2 is 1.21 bits per heavy atom. The molecule has 0 saturated carbocycles. The second-order valence-electron chi connectivity index (χ2n) is 9.46. The van der Waals surface area contributed by atoms with Gasteiger partial charge in [0.25, 0.3) is 0 Å². The predicted octanol–water partition coefficient (Wildman–Crippen LogP) is 8.81. The minimum atomic E-state index is 0.599. The highest BCUT2D eigenvalue weighted by Crippen LogP contribution is 2.38. The molecule has 38 heavy (non-hydrogen) atoms. The van der Waals surface area contributed by atoms with Gasteiger partial charge in [-0.15, -0.1) is 0 Å². The van der Waals surface area contributed by atoms with E-state index in [0.29, 0.717) is 11.5 Å². The van der Waals surface area contributed by atoms with Crippen molar-refractivity contribution in [1.82, 2.24) is 14.5 Å². The van der Waals surface area contributed by atoms with Crippen LogP contribution in [0.1, 0.15) is 0 Å². The summed E-state index contributed by atoms with van der Waals surface area (Å²) in [4.78, 5) is 10.1. The Bertz CT molecular complexity index is 2120. The summed E-state index contributed by atoms with van der Waals surface area (Å²) in [6, 6.07) is 43.8. The number of fused-ring (bicyclic) bond motifs is 6. The van der Waals surface area contributed by atoms with Crippen molar-refractivity contribution in [3.63, 3.8) is 0 Å². The van der Waals surface area contributed by atoms with Gasteiger partial charge in [-0.25, -0.2) is 4.98 Å². The van der Waals surface area contributed by atoms with Gasteiger partial charge in [0.2, 0.25) is 5.71 Å². The summed E-state index contributed by atoms with van der Waals surface area (Å²) in [6.45, 7) is 0. The van der Waals surface area contributed by atoms with Crippen LogP contribution < -0.4 is 0 Å². The summed E-state index contributed by atoms with van der Waals surface area (Å²) >= 11 is 0. The molecule has 0 radical (unpaired) electrons. The monoisotopic (exact) mass is 487 g/mol. The van der Waals surface area contributed by atoms with Gasteiger partial charge in [0.05, 0.1) is 22.1 Å². The number of nitrogens with zero attached hydrogens (tertiary/aromatic N) is 3. The number of hydrogen-bond acceptors (Lipinski definition) is 3. The van der Waals surface area contributed by atoms with Crippen molar-refractivity contribution in [1.29, 1.82) is 0 Å². The summed E-state index contributed by atoms with van der Waals surface area (Å²) in [5.41, 5.74) is 7.73. The van der Waals surface area contributed by atoms with Gasteiger partial charge in [-0.05, 0) is 42.5 Å². The highest BCUT2D eigenvalue weighted by atomic mass is 16.3. The zero-order valence-electron chi connectivity index (χ0n) is 20.4. The minimum Gasteiger partial charge on any atom is -0.438 e. The Morgan fingerprint density at radius 1 is 0.526 bits per heavy atom. The standard InChI is InChI=1S/C34H21N3O/c1-3-11-22(12-4-1)32-31-26-16-8-10-18-30(26)38-34(31)36-33(35-32)23-19-20-29-27(21-23)25-15-7-9-17-28(25)37(29)24-13-5-2-6-14-24/h1-21H. The molecule has 8 rings (SSSR count). The Kier molecular flexibility index (Phi) is 4.49. The highest BCUT2D eigenvalue weighted by molar-refractivity contribution is 6.12. The molecule has 3 aromatic heterocycles. The van der Waals surface area contributed by atoms with Crippen molar-refractivity contribution >= 4 is 43.9 Å². The normalized spacial score (nSPS) is 11.7. The largest absolute Gasteiger partial charge is 0.438 e. The zero-order valence-corrected chi connectivity index (χ0v) is 20.4. The molecule has 0 saturated heterocycles. The maximum atomic E-state index is 6.24. The molecule has 0 fully saturated rings. The summed E-state index contributed by atoms with van der Waals surface area (Å²) in [5.74, 6) is 0.647. The van der Waals surface area contributed by atoms with Crippen LogP contribution in [0.5, 0.6) is 0 Å². The van der Waals surface area contributed by atoms with Crippen LogP contribution in [0.2, 0.25) is 0 Å². The Morgan fingerprint density at radius 3 is 2.05 bits per heavy atom. The molecule has 0 aliphatic rings. The van der Waals surface area contributed by atoms with Crippen LogP contribution in [0.3, 0.4) is 0 Å². The van der Waals surface area contributed by atoms with Crippen LogP contribution in [-0.4, -0.2) is 14.5 Å². The lowest BCUT2D eigenvalue weighted by Crippen LogP contribution is -1.95. The third-order valence-corrected chi connectivity index (χ3v) is 7.23. The number of hydrogen-bond donors (Lipinski definition) is 0. The van der Waals surface area contributed by atoms with E-state index in [1.165, 1.54) is 10.9 Å². The number of rotatable bonds is 3. The molecule has 0 N–H and O–H groups in total. The van der Waals surface area contributed by atoms with Crippen molar-refractivity contribution in [2.45, 2.75) is 0 Å². The van der Waals surface area contributed by atoms with Crippen molar-refractivity contribution in [3.8, 4) is 28.3 Å². The smallest absolute Gasteiger partial charge is 0.231 e. The van der Waals surface area contributed by atoms with Gasteiger partial charge in [-0.1, -0.05) is 84.9 Å². The van der Waals surface area contributed by atoms with E-state index in [0.717, 1.165) is 49.8 Å². The number of benzene rings is 5. The van der Waals surface area contributed by atoms with Crippen LogP contribution in [0.15, 0.2) is 132 Å². The molecule has 3 heterocycles. The van der Waals surface area contributed by atoms with Crippen molar-refractivity contribution in [2.24, 2.45) is 0 Å². The molecule has 5 aromatic carbocycles. The van der Waals surface area contributed by atoms with Crippen LogP contribution in [0.4, 0.5) is 0 Å². The first-order chi connectivity index (χ1) is 18.8. The first-order valence-corrected chi connectivity index (χ1v) is 12.7. The fourth-order valence-corrected chi connectivity index (χ4v) is 5.52. The van der Waals surface area contributed by atoms with Crippen molar-refractivity contribution in [3.05, 3.63) is 127 Å². The van der Waals surface area contributed by atoms with E-state index in [-0.39, 0.29) is 0 Å². The summed E-state index contributed by atoms with van der Waals surface area (Å²) in [6.07, 6.45) is 0. The molecule has 0 amide bonds. The summed E-state index contributed by atoms with van der Waals surface area (Å²) < 4.78 is 8.55. The first kappa shape index (κ1) is 20.9. The van der Waals surface area contributed by atoms with Gasteiger partial charge in [0.1, 0.15) is 5.58 Å². The molecule has 8 aromatic rings. The number of aromatic nitrogens is 3. The van der Waals surface area contributed by atoms with E-state index in [4.69, 9.17) is 14.4 Å². The number of furan rings is 1. The fraction of sp³-hybridized carbons (Fsp3) is 0. The van der Waals surface area contributed by atoms with Crippen molar-refractivity contribution in [2.75, 3.05) is 0 Å². The van der Waals surface area contributed by atoms with Crippen LogP contribution in [-0.2, 0) is 0 Å². The maximum Gasteiger partial charge on any atom is 0.231 e. The van der Waals surface area contributed by atoms with Crippen LogP contribution in [0, 0.1) is 0 Å². The lowest BCUT2D eigenvalue weighted by Gasteiger charge is -2.09. The van der Waals surface area contributed by atoms with Gasteiger partial charge >= 0.3 is 0 Å². The van der Waals surface area contributed by atoms with Gasteiger partial charge < -0.3 is 8.98 Å². The lowest BCUT2D eigenvalue weighted by atomic mass is 10.0. The second-order valence-corrected chi connectivity index (χ2v) is 9.46. The maximum absolute atomic E-state index is 6.24. The average molecular weight is 488 g/mol. The molecule has 178 valence electrons. The van der Waals surface area contributed by atoms with Gasteiger partial charge in [-0.2, -0.15) is 4.98 Å². The summed E-state index contributed by atoms with van der Waals surface area (Å²) in [7, 11) is 0. The van der Waals surface area contributed by atoms with E-state index >= 15 is 0 Å². The molecular formula is C34H21N3O. The summed E-state index contributed by atoms with van der Waals surface area (Å²) in [5, 5.41) is 4.32. The lowest BCUT2D eigenvalue weighted by molar-refractivity contribution is 0.653. The van der Waals surface area contributed by atoms with E-state index in [9.17, 15) is 0 Å². The first-order valence-electron chi connectivity index (χ1n) is 12.7. The quantitative estimate of drug-likeness (QED) is 0.250. The number of para-hydroxylation sites is 3. The third-order valence-electron chi connectivity index (χ3n) is 7.23. The Labute approximate surface area is 218 Å². The van der Waals surface area contributed by atoms with Crippen molar-refractivity contribution < 1.29 is 4.42 Å². The third kappa shape index (κ3) is 3.10. The van der Waals surface area contributed by atoms with E-state index in [1.54, 1.807) is 0 Å². The minimum absolute atomic E-state index is 0.599. The molecular weight excluding hydrogens is 466 g/mol. The second kappa shape index (κ2) is 8.15.